The molecule has 0 bridgehead atoms. The van der Waals surface area contributed by atoms with E-state index in [1.807, 2.05) is 61.5 Å². The predicted molar refractivity (Wildman–Crippen MR) is 113 cm³/mol. The van der Waals surface area contributed by atoms with Crippen LogP contribution in [0.3, 0.4) is 0 Å². The highest BCUT2D eigenvalue weighted by atomic mass is 35.5. The van der Waals surface area contributed by atoms with E-state index in [2.05, 4.69) is 5.32 Å². The molecule has 1 N–H and O–H groups in total. The van der Waals surface area contributed by atoms with E-state index in [9.17, 15) is 9.59 Å². The van der Waals surface area contributed by atoms with E-state index in [0.29, 0.717) is 29.5 Å². The minimum Gasteiger partial charge on any atom is -0.357 e. The summed E-state index contributed by atoms with van der Waals surface area (Å²) in [5, 5.41) is 3.37. The average Bonchev–Trinajstić information content (AvgIpc) is 2.69. The van der Waals surface area contributed by atoms with Crippen molar-refractivity contribution < 1.29 is 9.59 Å². The van der Waals surface area contributed by atoms with Crippen LogP contribution in [0.2, 0.25) is 5.02 Å². The highest BCUT2D eigenvalue weighted by Gasteiger charge is 2.27. The van der Waals surface area contributed by atoms with Crippen molar-refractivity contribution in [2.45, 2.75) is 31.7 Å². The Kier molecular flexibility index (Phi) is 8.69. The molecule has 0 radical (unpaired) electrons. The molecule has 0 aromatic heterocycles. The van der Waals surface area contributed by atoms with Gasteiger partial charge in [-0.25, -0.2) is 0 Å². The van der Waals surface area contributed by atoms with Gasteiger partial charge in [0.1, 0.15) is 6.04 Å². The van der Waals surface area contributed by atoms with Gasteiger partial charge in [-0.15, -0.1) is 11.8 Å². The fraction of sp³-hybridized carbons (Fsp3) is 0.333. The van der Waals surface area contributed by atoms with Gasteiger partial charge in [-0.3, -0.25) is 9.59 Å². The zero-order valence-electron chi connectivity index (χ0n) is 15.7. The summed E-state index contributed by atoms with van der Waals surface area (Å²) in [5.74, 6) is 0.761. The maximum absolute atomic E-state index is 12.9. The molecule has 0 aliphatic rings. The van der Waals surface area contributed by atoms with Crippen LogP contribution in [0.5, 0.6) is 0 Å². The molecule has 1 atom stereocenters. The number of nitrogens with zero attached hydrogens (tertiary/aromatic N) is 1. The van der Waals surface area contributed by atoms with Crippen molar-refractivity contribution in [2.24, 2.45) is 0 Å². The number of hydrogen-bond donors (Lipinski definition) is 1. The first kappa shape index (κ1) is 21.3. The molecule has 2 aromatic rings. The highest BCUT2D eigenvalue weighted by molar-refractivity contribution is 7.99. The van der Waals surface area contributed by atoms with Crippen molar-refractivity contribution in [1.82, 2.24) is 10.2 Å². The van der Waals surface area contributed by atoms with E-state index in [4.69, 9.17) is 11.6 Å². The van der Waals surface area contributed by atoms with Crippen molar-refractivity contribution in [3.8, 4) is 0 Å². The van der Waals surface area contributed by atoms with Crippen molar-refractivity contribution in [3.63, 3.8) is 0 Å². The van der Waals surface area contributed by atoms with Crippen LogP contribution >= 0.6 is 23.4 Å². The Bertz CT molecular complexity index is 755. The molecule has 6 heteroatoms. The first-order valence-corrected chi connectivity index (χ1v) is 10.5. The zero-order chi connectivity index (χ0) is 19.6. The summed E-state index contributed by atoms with van der Waals surface area (Å²) in [6.45, 7) is 2.33. The third-order valence-electron chi connectivity index (χ3n) is 4.27. The summed E-state index contributed by atoms with van der Waals surface area (Å²) in [6.07, 6.45) is 0.563. The lowest BCUT2D eigenvalue weighted by Gasteiger charge is -2.30. The number of thioether (sulfide) groups is 1. The van der Waals surface area contributed by atoms with E-state index < -0.39 is 6.04 Å². The molecule has 2 aromatic carbocycles. The van der Waals surface area contributed by atoms with Crippen molar-refractivity contribution in [2.75, 3.05) is 12.8 Å². The van der Waals surface area contributed by atoms with E-state index in [-0.39, 0.29) is 11.8 Å². The maximum Gasteiger partial charge on any atom is 0.242 e. The Labute approximate surface area is 170 Å². The van der Waals surface area contributed by atoms with Gasteiger partial charge in [-0.05, 0) is 23.6 Å². The summed E-state index contributed by atoms with van der Waals surface area (Å²) in [7, 11) is 1.60. The van der Waals surface area contributed by atoms with E-state index >= 15 is 0 Å². The van der Waals surface area contributed by atoms with E-state index in [0.717, 1.165) is 11.1 Å². The third kappa shape index (κ3) is 6.29. The van der Waals surface area contributed by atoms with Gasteiger partial charge in [-0.1, -0.05) is 67.1 Å². The summed E-state index contributed by atoms with van der Waals surface area (Å²) < 4.78 is 0. The lowest BCUT2D eigenvalue weighted by molar-refractivity contribution is -0.139. The number of nitrogens with one attached hydrogen (secondary N) is 1. The number of likely N-dealkylation sites (N-methyl/N-ethyl adjacent to an activating group) is 1. The number of carbonyl (C=O) groups is 2. The molecule has 0 aliphatic carbocycles. The van der Waals surface area contributed by atoms with Gasteiger partial charge >= 0.3 is 0 Å². The number of carbonyl (C=O) groups excluding carboxylic acids is 2. The molecule has 0 spiro atoms. The molecule has 0 aliphatic heterocycles. The van der Waals surface area contributed by atoms with Crippen LogP contribution in [-0.4, -0.2) is 35.6 Å². The molecule has 0 saturated heterocycles. The van der Waals surface area contributed by atoms with E-state index in [1.54, 1.807) is 11.9 Å². The molecule has 0 saturated carbocycles. The molecule has 144 valence electrons. The summed E-state index contributed by atoms with van der Waals surface area (Å²) in [6, 6.07) is 16.9. The van der Waals surface area contributed by atoms with Crippen molar-refractivity contribution in [1.29, 1.82) is 0 Å². The van der Waals surface area contributed by atoms with Crippen LogP contribution in [0.25, 0.3) is 0 Å². The topological polar surface area (TPSA) is 49.4 Å². The molecule has 0 fully saturated rings. The smallest absolute Gasteiger partial charge is 0.242 e. The van der Waals surface area contributed by atoms with Gasteiger partial charge in [0.15, 0.2) is 0 Å². The normalized spacial score (nSPS) is 11.7. The van der Waals surface area contributed by atoms with Gasteiger partial charge in [0.2, 0.25) is 11.8 Å². The van der Waals surface area contributed by atoms with Gasteiger partial charge in [0, 0.05) is 24.4 Å². The first-order chi connectivity index (χ1) is 13.1. The van der Waals surface area contributed by atoms with Crippen LogP contribution in [0.4, 0.5) is 0 Å². The minimum atomic E-state index is -0.483. The fourth-order valence-corrected chi connectivity index (χ4v) is 4.01. The lowest BCUT2D eigenvalue weighted by atomic mass is 10.1. The zero-order valence-corrected chi connectivity index (χ0v) is 17.2. The van der Waals surface area contributed by atoms with Gasteiger partial charge in [0.05, 0.1) is 5.75 Å². The second kappa shape index (κ2) is 11.0. The Morgan fingerprint density at radius 1 is 1.11 bits per heavy atom. The molecule has 2 amide bonds. The standard InChI is InChI=1S/C21H25ClN2O2S/c1-3-19(21(26)23-2)24(13-16-9-5-4-6-10-16)20(25)15-27-14-17-11-7-8-12-18(17)22/h4-12,19H,3,13-15H2,1-2H3,(H,23,26)/t19-/m0/s1. The molecular weight excluding hydrogens is 380 g/mol. The number of benzene rings is 2. The fourth-order valence-electron chi connectivity index (χ4n) is 2.81. The van der Waals surface area contributed by atoms with E-state index in [1.165, 1.54) is 11.8 Å². The van der Waals surface area contributed by atoms with Crippen molar-refractivity contribution >= 4 is 35.2 Å². The highest BCUT2D eigenvalue weighted by Crippen LogP contribution is 2.22. The SMILES string of the molecule is CC[C@@H](C(=O)NC)N(Cc1ccccc1)C(=O)CSCc1ccccc1Cl. The Morgan fingerprint density at radius 3 is 2.41 bits per heavy atom. The molecule has 27 heavy (non-hydrogen) atoms. The molecule has 0 heterocycles. The molecule has 4 nitrogen and oxygen atoms in total. The number of halogens is 1. The second-order valence-electron chi connectivity index (χ2n) is 6.13. The molecule has 2 rings (SSSR count). The quantitative estimate of drug-likeness (QED) is 0.683. The summed E-state index contributed by atoms with van der Waals surface area (Å²) in [4.78, 5) is 26.9. The van der Waals surface area contributed by atoms with Gasteiger partial charge in [0.25, 0.3) is 0 Å². The molecular formula is C21H25ClN2O2S. The van der Waals surface area contributed by atoms with Gasteiger partial charge < -0.3 is 10.2 Å². The Hall–Kier alpha value is -1.98. The number of amides is 2. The average molecular weight is 405 g/mol. The molecule has 0 unspecified atom stereocenters. The summed E-state index contributed by atoms with van der Waals surface area (Å²) in [5.41, 5.74) is 2.01. The Balaban J connectivity index is 2.07. The predicted octanol–water partition coefficient (Wildman–Crippen LogP) is 4.13. The van der Waals surface area contributed by atoms with Crippen molar-refractivity contribution in [3.05, 3.63) is 70.7 Å². The van der Waals surface area contributed by atoms with Gasteiger partial charge in [-0.2, -0.15) is 0 Å². The third-order valence-corrected chi connectivity index (χ3v) is 5.60. The van der Waals surface area contributed by atoms with Crippen LogP contribution in [-0.2, 0) is 21.9 Å². The van der Waals surface area contributed by atoms with Crippen LogP contribution in [0, 0.1) is 0 Å². The lowest BCUT2D eigenvalue weighted by Crippen LogP contribution is -2.48. The number of hydrogen-bond acceptors (Lipinski definition) is 3. The maximum atomic E-state index is 12.9. The van der Waals surface area contributed by atoms with Crippen LogP contribution < -0.4 is 5.32 Å². The monoisotopic (exact) mass is 404 g/mol. The van der Waals surface area contributed by atoms with Crippen LogP contribution in [0.15, 0.2) is 54.6 Å². The second-order valence-corrected chi connectivity index (χ2v) is 7.52. The largest absolute Gasteiger partial charge is 0.357 e. The Morgan fingerprint density at radius 2 is 1.78 bits per heavy atom. The summed E-state index contributed by atoms with van der Waals surface area (Å²) >= 11 is 7.69. The number of rotatable bonds is 9. The first-order valence-electron chi connectivity index (χ1n) is 8.93. The minimum absolute atomic E-state index is 0.0497. The van der Waals surface area contributed by atoms with Crippen LogP contribution in [0.1, 0.15) is 24.5 Å².